The van der Waals surface area contributed by atoms with Crippen LogP contribution in [0.2, 0.25) is 0 Å². The fraction of sp³-hybridized carbons (Fsp3) is 0.556. The third kappa shape index (κ3) is 2.33. The minimum atomic E-state index is -4.58. The molecule has 1 N–H and O–H groups in total. The van der Waals surface area contributed by atoms with Crippen LogP contribution in [0.5, 0.6) is 0 Å². The van der Waals surface area contributed by atoms with Crippen LogP contribution in [-0.2, 0) is 11.0 Å². The van der Waals surface area contributed by atoms with Crippen molar-refractivity contribution in [1.82, 2.24) is 5.32 Å². The van der Waals surface area contributed by atoms with Crippen LogP contribution in [0, 0.1) is 29.1 Å². The fourth-order valence-electron chi connectivity index (χ4n) is 5.02. The van der Waals surface area contributed by atoms with E-state index in [9.17, 15) is 18.0 Å². The summed E-state index contributed by atoms with van der Waals surface area (Å²) < 4.78 is 41.1. The Bertz CT molecular complexity index is 806. The van der Waals surface area contributed by atoms with Crippen molar-refractivity contribution >= 4 is 23.5 Å². The van der Waals surface area contributed by atoms with Crippen LogP contribution in [0.25, 0.3) is 0 Å². The molecule has 138 valence electrons. The van der Waals surface area contributed by atoms with Crippen molar-refractivity contribution in [2.75, 3.05) is 17.9 Å². The summed E-state index contributed by atoms with van der Waals surface area (Å²) in [5.74, 6) is 0.853. The molecule has 1 aromatic rings. The molecule has 1 aromatic carbocycles. The van der Waals surface area contributed by atoms with Crippen molar-refractivity contribution in [1.29, 1.82) is 5.26 Å². The summed E-state index contributed by atoms with van der Waals surface area (Å²) in [6.45, 7) is 0.558. The highest BCUT2D eigenvalue weighted by molar-refractivity contribution is 8.03. The van der Waals surface area contributed by atoms with Gasteiger partial charge in [0.15, 0.2) is 0 Å². The van der Waals surface area contributed by atoms with Crippen molar-refractivity contribution in [3.63, 3.8) is 0 Å². The minimum Gasteiger partial charge on any atom is -0.358 e. The number of nitrogens with one attached hydrogen (secondary N) is 1. The van der Waals surface area contributed by atoms with E-state index < -0.39 is 16.5 Å². The normalized spacial score (nSPS) is 32.4. The van der Waals surface area contributed by atoms with Crippen LogP contribution in [0.3, 0.4) is 0 Å². The van der Waals surface area contributed by atoms with Gasteiger partial charge in [-0.3, -0.25) is 4.79 Å². The Morgan fingerprint density at radius 3 is 2.85 bits per heavy atom. The molecule has 0 unspecified atom stereocenters. The molecule has 0 radical (unpaired) electrons. The number of nitriles is 1. The Morgan fingerprint density at radius 2 is 2.19 bits per heavy atom. The number of anilines is 1. The lowest BCUT2D eigenvalue weighted by atomic mass is 9.78. The van der Waals surface area contributed by atoms with Crippen LogP contribution in [0.1, 0.15) is 30.4 Å². The van der Waals surface area contributed by atoms with Gasteiger partial charge in [0.25, 0.3) is 0 Å². The molecule has 3 aliphatic rings. The van der Waals surface area contributed by atoms with E-state index in [-0.39, 0.29) is 23.3 Å². The highest BCUT2D eigenvalue weighted by Gasteiger charge is 2.66. The third-order valence-corrected chi connectivity index (χ3v) is 7.83. The van der Waals surface area contributed by atoms with Crippen LogP contribution in [-0.4, -0.2) is 24.2 Å². The second-order valence-electron chi connectivity index (χ2n) is 7.24. The van der Waals surface area contributed by atoms with Gasteiger partial charge in [-0.2, -0.15) is 18.4 Å². The van der Waals surface area contributed by atoms with Gasteiger partial charge in [-0.1, -0.05) is 0 Å². The monoisotopic (exact) mass is 381 g/mol. The fourth-order valence-corrected chi connectivity index (χ4v) is 6.79. The number of hydrogen-bond donors (Lipinski definition) is 1. The second kappa shape index (κ2) is 5.81. The Hall–Kier alpha value is -1.88. The van der Waals surface area contributed by atoms with Gasteiger partial charge in [0, 0.05) is 25.2 Å². The molecule has 0 aromatic heterocycles. The van der Waals surface area contributed by atoms with E-state index in [1.165, 1.54) is 18.0 Å². The zero-order valence-corrected chi connectivity index (χ0v) is 15.0. The van der Waals surface area contributed by atoms with Crippen LogP contribution < -0.4 is 9.62 Å². The molecule has 1 amide bonds. The first-order chi connectivity index (χ1) is 12.3. The molecule has 1 saturated heterocycles. The number of fused-ring (bicyclic) bond motifs is 5. The number of halogens is 3. The Balaban J connectivity index is 1.71. The first kappa shape index (κ1) is 17.5. The second-order valence-corrected chi connectivity index (χ2v) is 8.54. The van der Waals surface area contributed by atoms with Crippen LogP contribution in [0.15, 0.2) is 18.2 Å². The number of amides is 1. The van der Waals surface area contributed by atoms with Crippen LogP contribution >= 0.6 is 11.9 Å². The molecule has 2 bridgehead atoms. The zero-order chi connectivity index (χ0) is 18.7. The third-order valence-electron chi connectivity index (χ3n) is 6.12. The molecule has 0 spiro atoms. The van der Waals surface area contributed by atoms with E-state index >= 15 is 0 Å². The summed E-state index contributed by atoms with van der Waals surface area (Å²) in [5.41, 5.74) is -0.905. The highest BCUT2D eigenvalue weighted by atomic mass is 32.2. The maximum atomic E-state index is 13.3. The highest BCUT2D eigenvalue weighted by Crippen LogP contribution is 2.65. The number of alkyl halides is 3. The molecular weight excluding hydrogens is 363 g/mol. The Labute approximate surface area is 153 Å². The van der Waals surface area contributed by atoms with Gasteiger partial charge in [-0.25, -0.2) is 0 Å². The van der Waals surface area contributed by atoms with E-state index in [1.807, 2.05) is 4.31 Å². The predicted molar refractivity (Wildman–Crippen MR) is 92.2 cm³/mol. The van der Waals surface area contributed by atoms with Gasteiger partial charge in [-0.05, 0) is 61.2 Å². The maximum absolute atomic E-state index is 13.3. The number of benzene rings is 1. The predicted octanol–water partition coefficient (Wildman–Crippen LogP) is 3.58. The topological polar surface area (TPSA) is 56.1 Å². The van der Waals surface area contributed by atoms with E-state index in [1.54, 1.807) is 19.2 Å². The van der Waals surface area contributed by atoms with E-state index in [4.69, 9.17) is 5.26 Å². The molecule has 1 heterocycles. The van der Waals surface area contributed by atoms with Gasteiger partial charge in [0.1, 0.15) is 4.75 Å². The summed E-state index contributed by atoms with van der Waals surface area (Å²) in [4.78, 5) is 12.7. The Morgan fingerprint density at radius 1 is 1.42 bits per heavy atom. The molecule has 3 fully saturated rings. The van der Waals surface area contributed by atoms with Crippen molar-refractivity contribution in [2.24, 2.45) is 17.8 Å². The van der Waals surface area contributed by atoms with Crippen molar-refractivity contribution in [2.45, 2.75) is 30.2 Å². The average Bonchev–Trinajstić information content (AvgIpc) is 3.30. The number of nitrogens with zero attached hydrogens (tertiary/aromatic N) is 2. The quantitative estimate of drug-likeness (QED) is 0.796. The summed E-state index contributed by atoms with van der Waals surface area (Å²) in [7, 11) is 1.62. The largest absolute Gasteiger partial charge is 0.417 e. The van der Waals surface area contributed by atoms with E-state index in [2.05, 4.69) is 5.32 Å². The molecule has 2 aliphatic carbocycles. The number of hydrogen-bond acceptors (Lipinski definition) is 4. The van der Waals surface area contributed by atoms with Crippen molar-refractivity contribution < 1.29 is 18.0 Å². The standard InChI is InChI=1S/C18H18F3N3OS/c1-23-16(25)17-12-4-2-10(6-12)15(17)9-24(26-17)13-5-3-11(8-22)14(7-13)18(19,20)21/h3,5,7,10,12,15H,2,4,6,9H2,1H3,(H,23,25)/t10-,12+,15-,17+/m0/s1. The van der Waals surface area contributed by atoms with Gasteiger partial charge < -0.3 is 9.62 Å². The number of carbonyl (C=O) groups is 1. The lowest BCUT2D eigenvalue weighted by Crippen LogP contribution is -2.50. The molecule has 26 heavy (non-hydrogen) atoms. The summed E-state index contributed by atoms with van der Waals surface area (Å²) >= 11 is 1.38. The number of carbonyl (C=O) groups excluding carboxylic acids is 1. The van der Waals surface area contributed by atoms with Gasteiger partial charge in [0.2, 0.25) is 5.91 Å². The lowest BCUT2D eigenvalue weighted by Gasteiger charge is -2.35. The molecule has 4 atom stereocenters. The Kier molecular flexibility index (Phi) is 3.92. The van der Waals surface area contributed by atoms with E-state index in [0.717, 1.165) is 25.3 Å². The smallest absolute Gasteiger partial charge is 0.358 e. The van der Waals surface area contributed by atoms with Crippen LogP contribution in [0.4, 0.5) is 18.9 Å². The summed E-state index contributed by atoms with van der Waals surface area (Å²) in [6, 6.07) is 5.40. The zero-order valence-electron chi connectivity index (χ0n) is 14.1. The lowest BCUT2D eigenvalue weighted by molar-refractivity contribution is -0.137. The molecule has 4 nitrogen and oxygen atoms in total. The molecule has 2 saturated carbocycles. The summed E-state index contributed by atoms with van der Waals surface area (Å²) in [5, 5.41) is 11.7. The SMILES string of the molecule is CNC(=O)[C@]12SN(c3ccc(C#N)c(C(F)(F)F)c3)C[C@H]1[C@H]1CC[C@@H]2C1. The summed E-state index contributed by atoms with van der Waals surface area (Å²) in [6.07, 6.45) is -1.47. The minimum absolute atomic E-state index is 0.0214. The first-order valence-electron chi connectivity index (χ1n) is 8.61. The first-order valence-corrected chi connectivity index (χ1v) is 9.38. The average molecular weight is 381 g/mol. The van der Waals surface area contributed by atoms with Gasteiger partial charge in [-0.15, -0.1) is 0 Å². The molecular formula is C18H18F3N3OS. The van der Waals surface area contributed by atoms with E-state index in [0.29, 0.717) is 18.2 Å². The molecule has 1 aliphatic heterocycles. The number of rotatable bonds is 2. The molecule has 4 rings (SSSR count). The van der Waals surface area contributed by atoms with Gasteiger partial charge >= 0.3 is 6.18 Å². The van der Waals surface area contributed by atoms with Gasteiger partial charge in [0.05, 0.1) is 17.2 Å². The maximum Gasteiger partial charge on any atom is 0.417 e. The molecule has 8 heteroatoms. The van der Waals surface area contributed by atoms with Crippen molar-refractivity contribution in [3.8, 4) is 6.07 Å². The van der Waals surface area contributed by atoms with Crippen molar-refractivity contribution in [3.05, 3.63) is 29.3 Å².